The van der Waals surface area contributed by atoms with Crippen molar-refractivity contribution in [1.82, 2.24) is 4.57 Å². The van der Waals surface area contributed by atoms with Crippen LogP contribution in [0.1, 0.15) is 202 Å². The first-order valence-corrected chi connectivity index (χ1v) is 34.4. The Balaban J connectivity index is 1.09. The summed E-state index contributed by atoms with van der Waals surface area (Å²) in [5.41, 5.74) is 26.8. The third-order valence-corrected chi connectivity index (χ3v) is 19.5. The van der Waals surface area contributed by atoms with Crippen molar-refractivity contribution in [2.45, 2.75) is 201 Å². The minimum atomic E-state index is -0.0106. The number of fused-ring (bicyclic) bond motifs is 6. The topological polar surface area (TPSA) is 8.17 Å². The minimum absolute atomic E-state index is 0.0106. The molecule has 1 aromatic heterocycles. The number of aromatic nitrogens is 1. The maximum absolute atomic E-state index is 2.75. The van der Waals surface area contributed by atoms with Gasteiger partial charge in [-0.3, -0.25) is 0 Å². The van der Waals surface area contributed by atoms with Gasteiger partial charge in [0.15, 0.2) is 0 Å². The first-order chi connectivity index (χ1) is 42.8. The van der Waals surface area contributed by atoms with Crippen LogP contribution in [0.5, 0.6) is 0 Å². The van der Waals surface area contributed by atoms with Crippen molar-refractivity contribution in [3.05, 3.63) is 228 Å². The quantitative estimate of drug-likeness (QED) is 0.0393. The Morgan fingerprint density at radius 3 is 1.37 bits per heavy atom. The van der Waals surface area contributed by atoms with Gasteiger partial charge < -0.3 is 9.47 Å². The molecule has 0 atom stereocenters. The van der Waals surface area contributed by atoms with Gasteiger partial charge in [0.1, 0.15) is 0 Å². The van der Waals surface area contributed by atoms with E-state index in [-0.39, 0.29) is 5.41 Å². The van der Waals surface area contributed by atoms with Crippen molar-refractivity contribution >= 4 is 38.9 Å². The zero-order valence-electron chi connectivity index (χ0n) is 53.8. The first-order valence-electron chi connectivity index (χ1n) is 34.4. The number of benzene rings is 9. The van der Waals surface area contributed by atoms with Crippen molar-refractivity contribution in [3.8, 4) is 50.2 Å². The molecular weight excluding hydrogens is 1050 g/mol. The van der Waals surface area contributed by atoms with Crippen molar-refractivity contribution in [3.63, 3.8) is 0 Å². The number of rotatable bonds is 31. The predicted octanol–water partition coefficient (Wildman–Crippen LogP) is 25.9. The highest BCUT2D eigenvalue weighted by Gasteiger charge is 2.43. The second kappa shape index (κ2) is 29.5. The Bertz CT molecular complexity index is 3790. The molecule has 0 bridgehead atoms. The number of unbranched alkanes of at least 4 members (excludes halogenated alkanes) is 16. The van der Waals surface area contributed by atoms with Gasteiger partial charge in [-0.1, -0.05) is 276 Å². The van der Waals surface area contributed by atoms with Gasteiger partial charge in [-0.25, -0.2) is 0 Å². The second-order valence-electron chi connectivity index (χ2n) is 25.9. The third-order valence-electron chi connectivity index (χ3n) is 19.5. The van der Waals surface area contributed by atoms with Crippen molar-refractivity contribution in [1.29, 1.82) is 0 Å². The monoisotopic (exact) mass is 1150 g/mol. The molecule has 87 heavy (non-hydrogen) atoms. The standard InChI is InChI=1S/C85H98N2/c1-7-11-15-19-21-31-55-85(56-32-22-20-16-12-8-2)80-57-64(6)41-53-75(80)77-62-84-79(61-81(77)85)78-58-69(66-35-29-24-30-36-66)46-54-82(78)87(84)83-60-70(37-25-17-13-9-3)76(59-71(83)38-26-18-14-10-4)68-44-51-74(52-45-68)86(72-47-39-63(5)40-48-72)73-49-42-67(43-50-73)65-33-27-23-28-34-65/h23-24,27-30,33-36,39-54,57-62H,7-22,25-26,31-32,37-38,55-56H2,1-6H3. The molecule has 2 nitrogen and oxygen atoms in total. The Labute approximate surface area is 524 Å². The lowest BCUT2D eigenvalue weighted by atomic mass is 9.70. The summed E-state index contributed by atoms with van der Waals surface area (Å²) in [7, 11) is 0. The molecule has 0 spiro atoms. The molecule has 0 saturated carbocycles. The van der Waals surface area contributed by atoms with Crippen LogP contribution in [0.2, 0.25) is 0 Å². The van der Waals surface area contributed by atoms with Crippen LogP contribution in [-0.2, 0) is 18.3 Å². The maximum atomic E-state index is 2.75. The Kier molecular flexibility index (Phi) is 20.8. The molecule has 1 aliphatic carbocycles. The van der Waals surface area contributed by atoms with E-state index in [2.05, 4.69) is 245 Å². The van der Waals surface area contributed by atoms with Crippen LogP contribution in [0.4, 0.5) is 17.1 Å². The first kappa shape index (κ1) is 61.2. The Hall–Kier alpha value is -7.42. The third kappa shape index (κ3) is 13.8. The van der Waals surface area contributed by atoms with Crippen LogP contribution < -0.4 is 4.90 Å². The van der Waals surface area contributed by atoms with Gasteiger partial charge in [0.25, 0.3) is 0 Å². The normalized spacial score (nSPS) is 12.5. The molecule has 10 aromatic rings. The molecule has 0 aliphatic heterocycles. The van der Waals surface area contributed by atoms with Gasteiger partial charge in [-0.15, -0.1) is 0 Å². The summed E-state index contributed by atoms with van der Waals surface area (Å²) in [5, 5.41) is 2.76. The SMILES string of the molecule is CCCCCCCCC1(CCCCCCCC)c2cc(C)ccc2-c2cc3c(cc21)c1cc(-c2ccccc2)ccc1n3-c1cc(CCCCCC)c(-c2ccc(N(c3ccc(C)cc3)c3ccc(-c4ccccc4)cc3)cc2)cc1CCCCCC. The van der Waals surface area contributed by atoms with Crippen LogP contribution in [0.3, 0.4) is 0 Å². The highest BCUT2D eigenvalue weighted by atomic mass is 15.1. The van der Waals surface area contributed by atoms with E-state index in [1.807, 2.05) is 0 Å². The summed E-state index contributed by atoms with van der Waals surface area (Å²) in [6.07, 6.45) is 30.1. The summed E-state index contributed by atoms with van der Waals surface area (Å²) in [4.78, 5) is 2.42. The van der Waals surface area contributed by atoms with Crippen LogP contribution in [-0.4, -0.2) is 4.57 Å². The van der Waals surface area contributed by atoms with Gasteiger partial charge in [-0.05, 0) is 192 Å². The van der Waals surface area contributed by atoms with E-state index in [1.54, 1.807) is 11.1 Å². The highest BCUT2D eigenvalue weighted by molar-refractivity contribution is 6.13. The molecule has 0 radical (unpaired) electrons. The summed E-state index contributed by atoms with van der Waals surface area (Å²) in [6, 6.07) is 75.2. The number of hydrogen-bond donors (Lipinski definition) is 0. The number of aryl methyl sites for hydroxylation is 4. The second-order valence-corrected chi connectivity index (χ2v) is 25.9. The van der Waals surface area contributed by atoms with E-state index in [1.165, 1.54) is 236 Å². The average molecular weight is 1150 g/mol. The van der Waals surface area contributed by atoms with E-state index in [0.29, 0.717) is 0 Å². The largest absolute Gasteiger partial charge is 0.311 e. The van der Waals surface area contributed by atoms with Crippen molar-refractivity contribution in [2.24, 2.45) is 0 Å². The van der Waals surface area contributed by atoms with E-state index >= 15 is 0 Å². The molecular formula is C85H98N2. The number of anilines is 3. The Morgan fingerprint density at radius 2 is 0.782 bits per heavy atom. The van der Waals surface area contributed by atoms with E-state index in [4.69, 9.17) is 0 Å². The van der Waals surface area contributed by atoms with Gasteiger partial charge in [-0.2, -0.15) is 0 Å². The van der Waals surface area contributed by atoms with Gasteiger partial charge in [0.05, 0.1) is 11.0 Å². The molecule has 0 saturated heterocycles. The highest BCUT2D eigenvalue weighted by Crippen LogP contribution is 2.56. The molecule has 0 unspecified atom stereocenters. The van der Waals surface area contributed by atoms with Crippen LogP contribution >= 0.6 is 0 Å². The van der Waals surface area contributed by atoms with Crippen LogP contribution in [0.25, 0.3) is 72.0 Å². The minimum Gasteiger partial charge on any atom is -0.311 e. The van der Waals surface area contributed by atoms with Crippen molar-refractivity contribution in [2.75, 3.05) is 4.90 Å². The van der Waals surface area contributed by atoms with Crippen molar-refractivity contribution < 1.29 is 0 Å². The fourth-order valence-corrected chi connectivity index (χ4v) is 14.7. The van der Waals surface area contributed by atoms with Gasteiger partial charge >= 0.3 is 0 Å². The molecule has 9 aromatic carbocycles. The predicted molar refractivity (Wildman–Crippen MR) is 379 cm³/mol. The lowest BCUT2D eigenvalue weighted by molar-refractivity contribution is 0.398. The summed E-state index contributed by atoms with van der Waals surface area (Å²) in [6.45, 7) is 13.9. The summed E-state index contributed by atoms with van der Waals surface area (Å²) < 4.78 is 2.75. The number of nitrogens with zero attached hydrogens (tertiary/aromatic N) is 2. The smallest absolute Gasteiger partial charge is 0.0547 e. The maximum Gasteiger partial charge on any atom is 0.0547 e. The van der Waals surface area contributed by atoms with E-state index in [0.717, 1.165) is 29.9 Å². The zero-order valence-corrected chi connectivity index (χ0v) is 53.8. The molecule has 2 heteroatoms. The lowest BCUT2D eigenvalue weighted by Gasteiger charge is -2.33. The van der Waals surface area contributed by atoms with E-state index in [9.17, 15) is 0 Å². The number of hydrogen-bond acceptors (Lipinski definition) is 1. The Morgan fingerprint density at radius 1 is 0.322 bits per heavy atom. The molecule has 0 amide bonds. The molecule has 1 heterocycles. The zero-order chi connectivity index (χ0) is 60.0. The van der Waals surface area contributed by atoms with Gasteiger partial charge in [0.2, 0.25) is 0 Å². The molecule has 448 valence electrons. The lowest BCUT2D eigenvalue weighted by Crippen LogP contribution is -2.25. The molecule has 0 fully saturated rings. The fraction of sp³-hybridized carbons (Fsp3) is 0.365. The summed E-state index contributed by atoms with van der Waals surface area (Å²) in [5.74, 6) is 0. The summed E-state index contributed by atoms with van der Waals surface area (Å²) >= 11 is 0. The molecule has 1 aliphatic rings. The molecule has 0 N–H and O–H groups in total. The van der Waals surface area contributed by atoms with Gasteiger partial charge in [0, 0.05) is 38.9 Å². The van der Waals surface area contributed by atoms with E-state index < -0.39 is 0 Å². The van der Waals surface area contributed by atoms with Crippen LogP contribution in [0.15, 0.2) is 194 Å². The fourth-order valence-electron chi connectivity index (χ4n) is 14.7. The van der Waals surface area contributed by atoms with Crippen LogP contribution in [0, 0.1) is 13.8 Å². The average Bonchev–Trinajstić information content (AvgIpc) is 1.55. The molecule has 11 rings (SSSR count).